The first-order valence-electron chi connectivity index (χ1n) is 18.6. The van der Waals surface area contributed by atoms with Crippen LogP contribution in [0.5, 0.6) is 0 Å². The quantitative estimate of drug-likeness (QED) is 0.121. The molecular weight excluding hydrogens is 688 g/mol. The fourth-order valence-electron chi connectivity index (χ4n) is 8.09. The van der Waals surface area contributed by atoms with Crippen LogP contribution in [-0.2, 0) is 4.57 Å². The largest absolute Gasteiger partial charge is 0.310 e. The number of rotatable bonds is 7. The first-order valence-corrected chi connectivity index (χ1v) is 20.3. The molecule has 0 aliphatic heterocycles. The van der Waals surface area contributed by atoms with Crippen molar-refractivity contribution in [3.63, 3.8) is 0 Å². The maximum atomic E-state index is 16.0. The number of pyridine rings is 1. The second-order valence-electron chi connectivity index (χ2n) is 13.9. The van der Waals surface area contributed by atoms with Crippen molar-refractivity contribution in [2.24, 2.45) is 0 Å². The molecule has 1 heterocycles. The zero-order valence-corrected chi connectivity index (χ0v) is 30.9. The van der Waals surface area contributed by atoms with Crippen LogP contribution in [0.1, 0.15) is 0 Å². The van der Waals surface area contributed by atoms with E-state index >= 15 is 4.57 Å². The Labute approximate surface area is 320 Å². The topological polar surface area (TPSA) is 33.2 Å². The van der Waals surface area contributed by atoms with E-state index in [0.29, 0.717) is 0 Å². The predicted octanol–water partition coefficient (Wildman–Crippen LogP) is 12.5. The second-order valence-corrected chi connectivity index (χ2v) is 16.6. The van der Waals surface area contributed by atoms with Crippen LogP contribution < -0.4 is 20.8 Å². The molecule has 0 saturated carbocycles. The predicted molar refractivity (Wildman–Crippen MR) is 234 cm³/mol. The van der Waals surface area contributed by atoms with Gasteiger partial charge in [-0.05, 0) is 70.1 Å². The highest BCUT2D eigenvalue weighted by Gasteiger charge is 2.32. The Hall–Kier alpha value is -6.80. The monoisotopic (exact) mass is 722 g/mol. The third-order valence-electron chi connectivity index (χ3n) is 10.7. The lowest BCUT2D eigenvalue weighted by atomic mass is 9.95. The van der Waals surface area contributed by atoms with Gasteiger partial charge >= 0.3 is 0 Å². The number of hydrogen-bond donors (Lipinski definition) is 0. The van der Waals surface area contributed by atoms with Crippen LogP contribution >= 0.6 is 7.14 Å². The van der Waals surface area contributed by atoms with Gasteiger partial charge in [0.1, 0.15) is 0 Å². The number of benzene rings is 9. The van der Waals surface area contributed by atoms with Crippen molar-refractivity contribution < 1.29 is 4.57 Å². The van der Waals surface area contributed by atoms with Gasteiger partial charge in [0.25, 0.3) is 0 Å². The summed E-state index contributed by atoms with van der Waals surface area (Å²) in [6, 6.07) is 73.1. The van der Waals surface area contributed by atoms with Crippen LogP contribution in [0.3, 0.4) is 0 Å². The van der Waals surface area contributed by atoms with Crippen LogP contribution in [0.15, 0.2) is 212 Å². The molecule has 3 nitrogen and oxygen atoms in total. The average molecular weight is 723 g/mol. The molecule has 1 aromatic heterocycles. The van der Waals surface area contributed by atoms with E-state index in [0.717, 1.165) is 76.7 Å². The van der Waals surface area contributed by atoms with E-state index < -0.39 is 7.14 Å². The van der Waals surface area contributed by atoms with E-state index in [1.165, 1.54) is 10.8 Å². The third-order valence-corrected chi connectivity index (χ3v) is 13.8. The zero-order valence-electron chi connectivity index (χ0n) is 30.0. The maximum Gasteiger partial charge on any atom is 0.171 e. The molecule has 0 atom stereocenters. The van der Waals surface area contributed by atoms with Crippen LogP contribution in [-0.4, -0.2) is 4.98 Å². The van der Waals surface area contributed by atoms with Crippen molar-refractivity contribution in [2.45, 2.75) is 0 Å². The minimum Gasteiger partial charge on any atom is -0.310 e. The van der Waals surface area contributed by atoms with Gasteiger partial charge in [0.2, 0.25) is 0 Å². The molecule has 260 valence electrons. The highest BCUT2D eigenvalue weighted by molar-refractivity contribution is 7.85. The number of hydrogen-bond acceptors (Lipinski definition) is 3. The van der Waals surface area contributed by atoms with Crippen molar-refractivity contribution in [1.82, 2.24) is 4.98 Å². The minimum atomic E-state index is -3.34. The summed E-state index contributed by atoms with van der Waals surface area (Å²) in [5.41, 5.74) is 5.97. The van der Waals surface area contributed by atoms with Crippen LogP contribution in [0.4, 0.5) is 17.1 Å². The van der Waals surface area contributed by atoms with Gasteiger partial charge in [0.05, 0.1) is 11.2 Å². The van der Waals surface area contributed by atoms with Gasteiger partial charge in [-0.1, -0.05) is 164 Å². The van der Waals surface area contributed by atoms with Crippen molar-refractivity contribution in [2.75, 3.05) is 4.90 Å². The molecule has 0 N–H and O–H groups in total. The van der Waals surface area contributed by atoms with Gasteiger partial charge in [0.15, 0.2) is 7.14 Å². The Bertz CT molecular complexity index is 3010. The Morgan fingerprint density at radius 2 is 0.927 bits per heavy atom. The molecule has 10 aromatic rings. The number of nitrogens with zero attached hydrogens (tertiary/aromatic N) is 2. The summed E-state index contributed by atoms with van der Waals surface area (Å²) >= 11 is 0. The molecule has 55 heavy (non-hydrogen) atoms. The third kappa shape index (κ3) is 5.60. The van der Waals surface area contributed by atoms with E-state index in [2.05, 4.69) is 144 Å². The highest BCUT2D eigenvalue weighted by atomic mass is 31.2. The number of fused-ring (bicyclic) bond motifs is 6. The lowest BCUT2D eigenvalue weighted by molar-refractivity contribution is 0.592. The molecule has 0 saturated heterocycles. The lowest BCUT2D eigenvalue weighted by Crippen LogP contribution is -2.25. The molecule has 0 aliphatic carbocycles. The number of para-hydroxylation sites is 2. The molecule has 0 bridgehead atoms. The summed E-state index contributed by atoms with van der Waals surface area (Å²) in [5, 5.41) is 10.0. The summed E-state index contributed by atoms with van der Waals surface area (Å²) in [4.78, 5) is 7.67. The van der Waals surface area contributed by atoms with Gasteiger partial charge < -0.3 is 9.46 Å². The summed E-state index contributed by atoms with van der Waals surface area (Å²) in [7, 11) is -3.34. The van der Waals surface area contributed by atoms with E-state index in [9.17, 15) is 0 Å². The second kappa shape index (κ2) is 13.6. The van der Waals surface area contributed by atoms with Crippen molar-refractivity contribution >= 4 is 83.3 Å². The first kappa shape index (κ1) is 32.8. The van der Waals surface area contributed by atoms with Gasteiger partial charge in [-0.3, -0.25) is 0 Å². The molecule has 0 radical (unpaired) electrons. The number of aromatic nitrogens is 1. The van der Waals surface area contributed by atoms with Gasteiger partial charge in [-0.2, -0.15) is 0 Å². The fraction of sp³-hybridized carbons (Fsp3) is 0. The van der Waals surface area contributed by atoms with Crippen LogP contribution in [0.2, 0.25) is 0 Å². The molecule has 4 heteroatoms. The van der Waals surface area contributed by atoms with Crippen LogP contribution in [0.25, 0.3) is 54.5 Å². The molecule has 0 aliphatic rings. The molecule has 0 fully saturated rings. The SMILES string of the molecule is O=P(c1ccccc1)(c1ccccc1)c1cc2c(-c3ccc(N(c4ccccc4)c4ccc5ccccc5c4)cc3)nc3ccccc3c2c2ccccc12. The smallest absolute Gasteiger partial charge is 0.171 e. The van der Waals surface area contributed by atoms with E-state index in [4.69, 9.17) is 4.98 Å². The average Bonchev–Trinajstić information content (AvgIpc) is 3.26. The van der Waals surface area contributed by atoms with Crippen LogP contribution in [0, 0.1) is 0 Å². The van der Waals surface area contributed by atoms with E-state index in [1.54, 1.807) is 0 Å². The van der Waals surface area contributed by atoms with Crippen molar-refractivity contribution in [3.8, 4) is 11.3 Å². The van der Waals surface area contributed by atoms with Crippen molar-refractivity contribution in [3.05, 3.63) is 212 Å². The zero-order chi connectivity index (χ0) is 36.8. The van der Waals surface area contributed by atoms with Gasteiger partial charge in [-0.25, -0.2) is 4.98 Å². The lowest BCUT2D eigenvalue weighted by Gasteiger charge is -2.26. The normalized spacial score (nSPS) is 11.7. The van der Waals surface area contributed by atoms with E-state index in [1.807, 2.05) is 72.8 Å². The molecule has 0 amide bonds. The number of anilines is 3. The Balaban J connectivity index is 1.22. The molecule has 10 rings (SSSR count). The minimum absolute atomic E-state index is 0.806. The summed E-state index contributed by atoms with van der Waals surface area (Å²) in [5.74, 6) is 0. The summed E-state index contributed by atoms with van der Waals surface area (Å²) < 4.78 is 16.0. The fourth-order valence-corrected chi connectivity index (χ4v) is 11.0. The summed E-state index contributed by atoms with van der Waals surface area (Å²) in [6.45, 7) is 0. The highest BCUT2D eigenvalue weighted by Crippen LogP contribution is 2.47. The molecule has 0 unspecified atom stereocenters. The summed E-state index contributed by atoms with van der Waals surface area (Å²) in [6.07, 6.45) is 0. The van der Waals surface area contributed by atoms with Gasteiger partial charge in [0, 0.05) is 54.7 Å². The van der Waals surface area contributed by atoms with E-state index in [-0.39, 0.29) is 0 Å². The molecule has 0 spiro atoms. The first-order chi connectivity index (χ1) is 27.2. The van der Waals surface area contributed by atoms with Crippen molar-refractivity contribution in [1.29, 1.82) is 0 Å². The maximum absolute atomic E-state index is 16.0. The van der Waals surface area contributed by atoms with Gasteiger partial charge in [-0.15, -0.1) is 0 Å². The Morgan fingerprint density at radius 3 is 1.62 bits per heavy atom. The molecule has 9 aromatic carbocycles. The molecular formula is C51H35N2OP. The Kier molecular flexibility index (Phi) is 8.09. The Morgan fingerprint density at radius 1 is 0.400 bits per heavy atom. The standard InChI is InChI=1S/C51H35N2OP/c54-55(42-20-6-2-7-21-42,43-22-8-3-9-23-43)49-35-47-50(45-25-13-12-24-44(45)49)46-26-14-15-27-48(46)52-51(47)37-29-31-40(32-30-37)53(39-18-4-1-5-19-39)41-33-28-36-16-10-11-17-38(36)34-41/h1-35H.